The van der Waals surface area contributed by atoms with E-state index in [0.717, 1.165) is 32.6 Å². The Kier molecular flexibility index (Phi) is 4.52. The molecular weight excluding hydrogens is 230 g/mol. The molecule has 5 heteroatoms. The highest BCUT2D eigenvalue weighted by Gasteiger charge is 2.18. The summed E-state index contributed by atoms with van der Waals surface area (Å²) < 4.78 is 5.27. The predicted octanol–water partition coefficient (Wildman–Crippen LogP) is 1.42. The lowest BCUT2D eigenvalue weighted by molar-refractivity contribution is 0.0697. The van der Waals surface area contributed by atoms with Crippen molar-refractivity contribution in [3.63, 3.8) is 0 Å². The van der Waals surface area contributed by atoms with E-state index in [-0.39, 0.29) is 11.9 Å². The highest BCUT2D eigenvalue weighted by atomic mass is 16.5. The molecule has 1 aromatic rings. The van der Waals surface area contributed by atoms with Crippen LogP contribution in [0, 0.1) is 0 Å². The summed E-state index contributed by atoms with van der Waals surface area (Å²) in [5.41, 5.74) is 0.603. The van der Waals surface area contributed by atoms with Crippen LogP contribution in [-0.2, 0) is 4.74 Å². The Hall–Kier alpha value is -1.62. The van der Waals surface area contributed by atoms with Crippen LogP contribution in [0.2, 0.25) is 0 Å². The van der Waals surface area contributed by atoms with E-state index in [2.05, 4.69) is 15.6 Å². The van der Waals surface area contributed by atoms with Crippen LogP contribution >= 0.6 is 0 Å². The largest absolute Gasteiger partial charge is 0.381 e. The number of aromatic nitrogens is 1. The van der Waals surface area contributed by atoms with Gasteiger partial charge in [-0.2, -0.15) is 0 Å². The van der Waals surface area contributed by atoms with Crippen LogP contribution in [0.25, 0.3) is 0 Å². The molecule has 5 nitrogen and oxygen atoms in total. The molecule has 1 saturated heterocycles. The summed E-state index contributed by atoms with van der Waals surface area (Å²) in [6, 6.07) is 3.78. The van der Waals surface area contributed by atoms with E-state index in [1.165, 1.54) is 0 Å². The maximum Gasteiger partial charge on any atom is 0.255 e. The predicted molar refractivity (Wildman–Crippen MR) is 69.7 cm³/mol. The Balaban J connectivity index is 2.03. The molecule has 18 heavy (non-hydrogen) atoms. The number of anilines is 1. The molecule has 0 radical (unpaired) electrons. The number of ether oxygens (including phenoxy) is 1. The number of nitrogens with one attached hydrogen (secondary N) is 2. The van der Waals surface area contributed by atoms with Crippen molar-refractivity contribution in [1.82, 2.24) is 10.3 Å². The molecule has 1 amide bonds. The topological polar surface area (TPSA) is 63.2 Å². The average molecular weight is 249 g/mol. The summed E-state index contributed by atoms with van der Waals surface area (Å²) in [5.74, 6) is 0.579. The molecule has 0 spiro atoms. The average Bonchev–Trinajstić information content (AvgIpc) is 2.41. The Morgan fingerprint density at radius 2 is 2.28 bits per heavy atom. The minimum Gasteiger partial charge on any atom is -0.381 e. The van der Waals surface area contributed by atoms with Crippen molar-refractivity contribution in [2.45, 2.75) is 25.8 Å². The first-order valence-electron chi connectivity index (χ1n) is 6.38. The lowest BCUT2D eigenvalue weighted by Gasteiger charge is -2.23. The number of rotatable bonds is 4. The van der Waals surface area contributed by atoms with Crippen molar-refractivity contribution >= 4 is 11.7 Å². The van der Waals surface area contributed by atoms with Crippen molar-refractivity contribution in [3.8, 4) is 0 Å². The second-order valence-electron chi connectivity index (χ2n) is 4.29. The highest BCUT2D eigenvalue weighted by Crippen LogP contribution is 2.13. The first kappa shape index (κ1) is 12.8. The van der Waals surface area contributed by atoms with Gasteiger partial charge in [-0.15, -0.1) is 0 Å². The fourth-order valence-corrected chi connectivity index (χ4v) is 2.00. The molecule has 0 atom stereocenters. The van der Waals surface area contributed by atoms with Gasteiger partial charge in [-0.1, -0.05) is 0 Å². The number of carbonyl (C=O) groups is 1. The van der Waals surface area contributed by atoms with E-state index in [9.17, 15) is 4.79 Å². The first-order valence-corrected chi connectivity index (χ1v) is 6.38. The van der Waals surface area contributed by atoms with Crippen LogP contribution in [0.4, 0.5) is 5.82 Å². The Labute approximate surface area is 107 Å². The molecule has 2 rings (SSSR count). The Morgan fingerprint density at radius 3 is 3.00 bits per heavy atom. The zero-order valence-electron chi connectivity index (χ0n) is 10.6. The van der Waals surface area contributed by atoms with Gasteiger partial charge in [-0.25, -0.2) is 4.98 Å². The molecule has 2 N–H and O–H groups in total. The molecule has 1 fully saturated rings. The van der Waals surface area contributed by atoms with E-state index in [0.29, 0.717) is 11.4 Å². The molecule has 1 aliphatic heterocycles. The molecule has 0 unspecified atom stereocenters. The van der Waals surface area contributed by atoms with Gasteiger partial charge in [0.2, 0.25) is 0 Å². The number of pyridine rings is 1. The summed E-state index contributed by atoms with van der Waals surface area (Å²) >= 11 is 0. The van der Waals surface area contributed by atoms with Gasteiger partial charge in [0.25, 0.3) is 5.91 Å². The zero-order chi connectivity index (χ0) is 12.8. The fourth-order valence-electron chi connectivity index (χ4n) is 2.00. The Morgan fingerprint density at radius 1 is 1.50 bits per heavy atom. The SMILES string of the molecule is CCNc1ncccc1C(=O)NC1CCOCC1. The summed E-state index contributed by atoms with van der Waals surface area (Å²) in [5, 5.41) is 6.13. The summed E-state index contributed by atoms with van der Waals surface area (Å²) in [4.78, 5) is 16.4. The molecule has 1 aromatic heterocycles. The van der Waals surface area contributed by atoms with Gasteiger partial charge in [0, 0.05) is 32.0 Å². The summed E-state index contributed by atoms with van der Waals surface area (Å²) in [6.45, 7) is 4.17. The van der Waals surface area contributed by atoms with Gasteiger partial charge >= 0.3 is 0 Å². The fraction of sp³-hybridized carbons (Fsp3) is 0.538. The third kappa shape index (κ3) is 3.20. The molecule has 0 aromatic carbocycles. The van der Waals surface area contributed by atoms with Crippen molar-refractivity contribution in [2.24, 2.45) is 0 Å². The van der Waals surface area contributed by atoms with Crippen LogP contribution < -0.4 is 10.6 Å². The van der Waals surface area contributed by atoms with Crippen LogP contribution in [0.1, 0.15) is 30.1 Å². The number of carbonyl (C=O) groups excluding carboxylic acids is 1. The van der Waals surface area contributed by atoms with E-state index >= 15 is 0 Å². The molecular formula is C13H19N3O2. The van der Waals surface area contributed by atoms with Gasteiger partial charge in [0.05, 0.1) is 5.56 Å². The van der Waals surface area contributed by atoms with Crippen LogP contribution in [0.5, 0.6) is 0 Å². The number of hydrogen-bond acceptors (Lipinski definition) is 4. The maximum atomic E-state index is 12.2. The lowest BCUT2D eigenvalue weighted by atomic mass is 10.1. The van der Waals surface area contributed by atoms with E-state index in [4.69, 9.17) is 4.74 Å². The van der Waals surface area contributed by atoms with Crippen LogP contribution in [-0.4, -0.2) is 36.7 Å². The van der Waals surface area contributed by atoms with Crippen molar-refractivity contribution in [2.75, 3.05) is 25.1 Å². The molecule has 98 valence electrons. The molecule has 0 saturated carbocycles. The molecule has 0 aliphatic carbocycles. The highest BCUT2D eigenvalue weighted by molar-refractivity contribution is 5.98. The third-order valence-corrected chi connectivity index (χ3v) is 2.95. The van der Waals surface area contributed by atoms with Crippen molar-refractivity contribution in [1.29, 1.82) is 0 Å². The van der Waals surface area contributed by atoms with Gasteiger partial charge in [0.15, 0.2) is 0 Å². The van der Waals surface area contributed by atoms with Crippen molar-refractivity contribution < 1.29 is 9.53 Å². The quantitative estimate of drug-likeness (QED) is 0.847. The molecule has 2 heterocycles. The minimum absolute atomic E-state index is 0.0639. The van der Waals surface area contributed by atoms with Crippen LogP contribution in [0.3, 0.4) is 0 Å². The van der Waals surface area contributed by atoms with Gasteiger partial charge in [0.1, 0.15) is 5.82 Å². The van der Waals surface area contributed by atoms with Crippen molar-refractivity contribution in [3.05, 3.63) is 23.9 Å². The van der Waals surface area contributed by atoms with Gasteiger partial charge in [-0.3, -0.25) is 4.79 Å². The zero-order valence-corrected chi connectivity index (χ0v) is 10.6. The first-order chi connectivity index (χ1) is 8.81. The van der Waals surface area contributed by atoms with E-state index < -0.39 is 0 Å². The monoisotopic (exact) mass is 249 g/mol. The number of amides is 1. The Bertz CT molecular complexity index is 403. The second-order valence-corrected chi connectivity index (χ2v) is 4.29. The molecule has 0 bridgehead atoms. The smallest absolute Gasteiger partial charge is 0.255 e. The van der Waals surface area contributed by atoms with Gasteiger partial charge in [-0.05, 0) is 31.9 Å². The van der Waals surface area contributed by atoms with E-state index in [1.54, 1.807) is 18.3 Å². The van der Waals surface area contributed by atoms with Crippen LogP contribution in [0.15, 0.2) is 18.3 Å². The standard InChI is InChI=1S/C13H19N3O2/c1-2-14-12-11(4-3-7-15-12)13(17)16-10-5-8-18-9-6-10/h3-4,7,10H,2,5-6,8-9H2,1H3,(H,14,15)(H,16,17). The lowest BCUT2D eigenvalue weighted by Crippen LogP contribution is -2.39. The normalized spacial score (nSPS) is 16.3. The second kappa shape index (κ2) is 6.35. The maximum absolute atomic E-state index is 12.2. The third-order valence-electron chi connectivity index (χ3n) is 2.95. The number of nitrogens with zero attached hydrogens (tertiary/aromatic N) is 1. The summed E-state index contributed by atoms with van der Waals surface area (Å²) in [6.07, 6.45) is 3.44. The van der Waals surface area contributed by atoms with E-state index in [1.807, 2.05) is 6.92 Å². The number of hydrogen-bond donors (Lipinski definition) is 2. The van der Waals surface area contributed by atoms with Gasteiger partial charge < -0.3 is 15.4 Å². The minimum atomic E-state index is -0.0639. The molecule has 1 aliphatic rings. The summed E-state index contributed by atoms with van der Waals surface area (Å²) in [7, 11) is 0.